The number of benzene rings is 2. The van der Waals surface area contributed by atoms with Gasteiger partial charge in [-0.2, -0.15) is 0 Å². The molecule has 0 saturated heterocycles. The van der Waals surface area contributed by atoms with Crippen LogP contribution < -0.4 is 14.8 Å². The maximum atomic E-state index is 9.39. The summed E-state index contributed by atoms with van der Waals surface area (Å²) in [5, 5.41) is 12.6. The van der Waals surface area contributed by atoms with E-state index < -0.39 is 6.10 Å². The van der Waals surface area contributed by atoms with Gasteiger partial charge in [0.15, 0.2) is 11.5 Å². The van der Waals surface area contributed by atoms with Crippen molar-refractivity contribution in [1.29, 1.82) is 0 Å². The molecule has 2 rings (SSSR count). The van der Waals surface area contributed by atoms with Gasteiger partial charge in [0, 0.05) is 23.1 Å². The summed E-state index contributed by atoms with van der Waals surface area (Å²) >= 11 is 3.57. The standard InChI is InChI=1S/C18H22BrNO3/c1-13(21)10-20-11-15-16(19)8-9-17(22-2)18(15)23-12-14-6-4-3-5-7-14/h3-9,13,20-21H,10-12H2,1-2H3. The van der Waals surface area contributed by atoms with Gasteiger partial charge in [0.2, 0.25) is 0 Å². The molecule has 2 aromatic carbocycles. The van der Waals surface area contributed by atoms with Gasteiger partial charge >= 0.3 is 0 Å². The summed E-state index contributed by atoms with van der Waals surface area (Å²) in [5.74, 6) is 1.40. The summed E-state index contributed by atoms with van der Waals surface area (Å²) in [6.45, 7) is 3.31. The summed E-state index contributed by atoms with van der Waals surface area (Å²) in [6, 6.07) is 13.8. The van der Waals surface area contributed by atoms with Gasteiger partial charge in [-0.05, 0) is 24.6 Å². The van der Waals surface area contributed by atoms with Crippen molar-refractivity contribution in [3.05, 3.63) is 58.1 Å². The van der Waals surface area contributed by atoms with Crippen molar-refractivity contribution in [3.63, 3.8) is 0 Å². The molecule has 0 fully saturated rings. The van der Waals surface area contributed by atoms with Crippen molar-refractivity contribution in [3.8, 4) is 11.5 Å². The maximum absolute atomic E-state index is 9.39. The van der Waals surface area contributed by atoms with Crippen molar-refractivity contribution < 1.29 is 14.6 Å². The van der Waals surface area contributed by atoms with E-state index in [4.69, 9.17) is 9.47 Å². The van der Waals surface area contributed by atoms with Crippen molar-refractivity contribution in [2.24, 2.45) is 0 Å². The van der Waals surface area contributed by atoms with Crippen molar-refractivity contribution in [1.82, 2.24) is 5.32 Å². The molecule has 0 spiro atoms. The Morgan fingerprint density at radius 1 is 1.17 bits per heavy atom. The van der Waals surface area contributed by atoms with Crippen LogP contribution in [0.3, 0.4) is 0 Å². The van der Waals surface area contributed by atoms with Crippen LogP contribution in [-0.4, -0.2) is 24.9 Å². The molecule has 5 heteroatoms. The third-order valence-corrected chi connectivity index (χ3v) is 4.10. The number of halogens is 1. The quantitative estimate of drug-likeness (QED) is 0.736. The van der Waals surface area contributed by atoms with Gasteiger partial charge in [-0.1, -0.05) is 46.3 Å². The molecule has 0 bridgehead atoms. The van der Waals surface area contributed by atoms with E-state index in [1.807, 2.05) is 42.5 Å². The van der Waals surface area contributed by atoms with E-state index in [0.29, 0.717) is 31.2 Å². The predicted octanol–water partition coefficient (Wildman–Crippen LogP) is 3.51. The summed E-state index contributed by atoms with van der Waals surface area (Å²) in [6.07, 6.45) is -0.395. The Balaban J connectivity index is 2.18. The van der Waals surface area contributed by atoms with Gasteiger partial charge in [0.25, 0.3) is 0 Å². The van der Waals surface area contributed by atoms with Gasteiger partial charge in [0.1, 0.15) is 6.61 Å². The van der Waals surface area contributed by atoms with E-state index in [0.717, 1.165) is 15.6 Å². The smallest absolute Gasteiger partial charge is 0.167 e. The summed E-state index contributed by atoms with van der Waals surface area (Å²) in [4.78, 5) is 0. The number of hydrogen-bond acceptors (Lipinski definition) is 4. The van der Waals surface area contributed by atoms with Crippen molar-refractivity contribution in [2.75, 3.05) is 13.7 Å². The van der Waals surface area contributed by atoms with Crippen LogP contribution in [0.15, 0.2) is 46.9 Å². The molecular weight excluding hydrogens is 358 g/mol. The van der Waals surface area contributed by atoms with Crippen LogP contribution in [0, 0.1) is 0 Å². The van der Waals surface area contributed by atoms with E-state index in [1.54, 1.807) is 14.0 Å². The first-order chi connectivity index (χ1) is 11.1. The maximum Gasteiger partial charge on any atom is 0.167 e. The number of nitrogens with one attached hydrogen (secondary N) is 1. The lowest BCUT2D eigenvalue weighted by atomic mass is 10.1. The third-order valence-electron chi connectivity index (χ3n) is 3.35. The molecule has 0 aliphatic carbocycles. The van der Waals surface area contributed by atoms with Crippen LogP contribution >= 0.6 is 15.9 Å². The topological polar surface area (TPSA) is 50.7 Å². The lowest BCUT2D eigenvalue weighted by molar-refractivity contribution is 0.190. The summed E-state index contributed by atoms with van der Waals surface area (Å²) in [7, 11) is 1.63. The number of hydrogen-bond donors (Lipinski definition) is 2. The fourth-order valence-electron chi connectivity index (χ4n) is 2.20. The van der Waals surface area contributed by atoms with Crippen molar-refractivity contribution in [2.45, 2.75) is 26.2 Å². The van der Waals surface area contributed by atoms with Gasteiger partial charge < -0.3 is 19.9 Å². The highest BCUT2D eigenvalue weighted by molar-refractivity contribution is 9.10. The highest BCUT2D eigenvalue weighted by Crippen LogP contribution is 2.36. The molecule has 0 aliphatic rings. The Morgan fingerprint density at radius 2 is 1.91 bits per heavy atom. The van der Waals surface area contributed by atoms with E-state index in [2.05, 4.69) is 21.2 Å². The third kappa shape index (κ3) is 5.23. The van der Waals surface area contributed by atoms with Gasteiger partial charge in [-0.3, -0.25) is 0 Å². The molecule has 2 N–H and O–H groups in total. The van der Waals surface area contributed by atoms with Gasteiger partial charge in [0.05, 0.1) is 13.2 Å². The van der Waals surface area contributed by atoms with E-state index in [-0.39, 0.29) is 0 Å². The molecule has 1 unspecified atom stereocenters. The minimum Gasteiger partial charge on any atom is -0.493 e. The van der Waals surface area contributed by atoms with Crippen LogP contribution in [0.25, 0.3) is 0 Å². The van der Waals surface area contributed by atoms with Crippen LogP contribution in [0.1, 0.15) is 18.1 Å². The van der Waals surface area contributed by atoms with Crippen molar-refractivity contribution >= 4 is 15.9 Å². The number of rotatable bonds is 8. The molecule has 2 aromatic rings. The lowest BCUT2D eigenvalue weighted by Gasteiger charge is -2.17. The normalized spacial score (nSPS) is 12.0. The average molecular weight is 380 g/mol. The lowest BCUT2D eigenvalue weighted by Crippen LogP contribution is -2.24. The Kier molecular flexibility index (Phi) is 6.89. The van der Waals surface area contributed by atoms with Crippen LogP contribution in [-0.2, 0) is 13.2 Å². The van der Waals surface area contributed by atoms with Gasteiger partial charge in [-0.25, -0.2) is 0 Å². The van der Waals surface area contributed by atoms with E-state index in [1.165, 1.54) is 0 Å². The van der Waals surface area contributed by atoms with Crippen LogP contribution in [0.2, 0.25) is 0 Å². The minimum atomic E-state index is -0.395. The molecule has 1 atom stereocenters. The zero-order valence-electron chi connectivity index (χ0n) is 13.4. The Bertz CT molecular complexity index is 617. The largest absolute Gasteiger partial charge is 0.493 e. The highest BCUT2D eigenvalue weighted by atomic mass is 79.9. The first kappa shape index (κ1) is 17.8. The highest BCUT2D eigenvalue weighted by Gasteiger charge is 2.15. The molecular formula is C18H22BrNO3. The molecule has 0 heterocycles. The molecule has 4 nitrogen and oxygen atoms in total. The molecule has 0 aliphatic heterocycles. The Morgan fingerprint density at radius 3 is 2.57 bits per heavy atom. The second-order valence-electron chi connectivity index (χ2n) is 5.31. The van der Waals surface area contributed by atoms with Crippen LogP contribution in [0.4, 0.5) is 0 Å². The predicted molar refractivity (Wildman–Crippen MR) is 94.9 cm³/mol. The molecule has 124 valence electrons. The fourth-order valence-corrected chi connectivity index (χ4v) is 2.65. The Labute approximate surface area is 145 Å². The first-order valence-corrected chi connectivity index (χ1v) is 8.32. The molecule has 0 radical (unpaired) electrons. The molecule has 0 saturated carbocycles. The summed E-state index contributed by atoms with van der Waals surface area (Å²) < 4.78 is 12.4. The minimum absolute atomic E-state index is 0.395. The number of aliphatic hydroxyl groups excluding tert-OH is 1. The zero-order valence-corrected chi connectivity index (χ0v) is 15.0. The first-order valence-electron chi connectivity index (χ1n) is 7.52. The average Bonchev–Trinajstić information content (AvgIpc) is 2.55. The Hall–Kier alpha value is -1.56. The number of methoxy groups -OCH3 is 1. The second kappa shape index (κ2) is 8.91. The van der Waals surface area contributed by atoms with E-state index in [9.17, 15) is 5.11 Å². The SMILES string of the molecule is COc1ccc(Br)c(CNCC(C)O)c1OCc1ccccc1. The van der Waals surface area contributed by atoms with Crippen LogP contribution in [0.5, 0.6) is 11.5 Å². The monoisotopic (exact) mass is 379 g/mol. The molecule has 23 heavy (non-hydrogen) atoms. The number of ether oxygens (including phenoxy) is 2. The summed E-state index contributed by atoms with van der Waals surface area (Å²) in [5.41, 5.74) is 2.07. The molecule has 0 amide bonds. The van der Waals surface area contributed by atoms with Gasteiger partial charge in [-0.15, -0.1) is 0 Å². The fraction of sp³-hybridized carbons (Fsp3) is 0.333. The second-order valence-corrected chi connectivity index (χ2v) is 6.17. The zero-order chi connectivity index (χ0) is 16.7. The van der Waals surface area contributed by atoms with E-state index >= 15 is 0 Å². The molecule has 0 aromatic heterocycles. The number of aliphatic hydroxyl groups is 1.